The van der Waals surface area contributed by atoms with Gasteiger partial charge in [0.25, 0.3) is 5.91 Å². The Balaban J connectivity index is 1.49. The van der Waals surface area contributed by atoms with Gasteiger partial charge in [-0.3, -0.25) is 4.79 Å². The number of rotatable bonds is 5. The molecule has 0 aliphatic heterocycles. The molecule has 0 aliphatic carbocycles. The van der Waals surface area contributed by atoms with Gasteiger partial charge in [0, 0.05) is 23.0 Å². The summed E-state index contributed by atoms with van der Waals surface area (Å²) in [6.45, 7) is 3.89. The maximum absolute atomic E-state index is 12.5. The first-order chi connectivity index (χ1) is 13.6. The van der Waals surface area contributed by atoms with E-state index in [1.807, 2.05) is 50.2 Å². The van der Waals surface area contributed by atoms with E-state index in [9.17, 15) is 4.79 Å². The number of carbonyl (C=O) groups excluding carboxylic acids is 1. The Morgan fingerprint density at radius 3 is 2.64 bits per heavy atom. The Bertz CT molecular complexity index is 1080. The van der Waals surface area contributed by atoms with Crippen molar-refractivity contribution in [3.05, 3.63) is 72.4 Å². The van der Waals surface area contributed by atoms with E-state index in [4.69, 9.17) is 9.15 Å². The van der Waals surface area contributed by atoms with Crippen molar-refractivity contribution < 1.29 is 13.9 Å². The minimum absolute atomic E-state index is 0.0490. The van der Waals surface area contributed by atoms with Crippen LogP contribution in [0.3, 0.4) is 0 Å². The number of aromatic nitrogens is 2. The van der Waals surface area contributed by atoms with Gasteiger partial charge < -0.3 is 14.5 Å². The van der Waals surface area contributed by atoms with E-state index in [1.54, 1.807) is 30.5 Å². The number of amides is 1. The predicted molar refractivity (Wildman–Crippen MR) is 107 cm³/mol. The molecule has 0 atom stereocenters. The minimum atomic E-state index is -0.201. The number of anilines is 1. The van der Waals surface area contributed by atoms with Gasteiger partial charge in [0.2, 0.25) is 5.89 Å². The van der Waals surface area contributed by atoms with Crippen LogP contribution in [0.4, 0.5) is 5.69 Å². The summed E-state index contributed by atoms with van der Waals surface area (Å²) in [7, 11) is 0. The van der Waals surface area contributed by atoms with Crippen molar-refractivity contribution in [3.63, 3.8) is 0 Å². The molecule has 1 amide bonds. The lowest BCUT2D eigenvalue weighted by atomic mass is 10.1. The van der Waals surface area contributed by atoms with E-state index in [1.165, 1.54) is 0 Å². The molecule has 2 aromatic carbocycles. The van der Waals surface area contributed by atoms with Gasteiger partial charge in [-0.2, -0.15) is 4.98 Å². The van der Waals surface area contributed by atoms with Gasteiger partial charge >= 0.3 is 0 Å². The number of carbonyl (C=O) groups is 1. The van der Waals surface area contributed by atoms with Crippen LogP contribution in [0.5, 0.6) is 5.75 Å². The van der Waals surface area contributed by atoms with Gasteiger partial charge in [-0.25, -0.2) is 4.98 Å². The number of nitrogens with one attached hydrogen (secondary N) is 1. The topological polar surface area (TPSA) is 77.2 Å². The molecule has 140 valence electrons. The number of hydrogen-bond acceptors (Lipinski definition) is 5. The second-order valence-corrected chi connectivity index (χ2v) is 6.57. The molecule has 0 bridgehead atoms. The Hall–Kier alpha value is -3.67. The molecule has 2 heterocycles. The van der Waals surface area contributed by atoms with E-state index in [0.717, 1.165) is 5.56 Å². The van der Waals surface area contributed by atoms with Crippen LogP contribution in [-0.4, -0.2) is 22.0 Å². The molecule has 0 aliphatic rings. The maximum atomic E-state index is 12.5. The smallest absolute Gasteiger partial charge is 0.255 e. The highest BCUT2D eigenvalue weighted by Gasteiger charge is 2.11. The average Bonchev–Trinajstić information content (AvgIpc) is 3.12. The van der Waals surface area contributed by atoms with Gasteiger partial charge in [0.05, 0.1) is 6.10 Å². The van der Waals surface area contributed by atoms with Crippen LogP contribution in [0.25, 0.3) is 22.7 Å². The Kier molecular flexibility index (Phi) is 4.76. The summed E-state index contributed by atoms with van der Waals surface area (Å²) in [5.41, 5.74) is 3.23. The summed E-state index contributed by atoms with van der Waals surface area (Å²) in [6, 6.07) is 18.1. The fraction of sp³-hybridized carbons (Fsp3) is 0.136. The molecular weight excluding hydrogens is 354 g/mol. The molecule has 0 saturated carbocycles. The molecule has 6 heteroatoms. The zero-order valence-electron chi connectivity index (χ0n) is 15.5. The molecule has 28 heavy (non-hydrogen) atoms. The lowest BCUT2D eigenvalue weighted by Crippen LogP contribution is -2.12. The minimum Gasteiger partial charge on any atom is -0.491 e. The first-order valence-electron chi connectivity index (χ1n) is 8.98. The van der Waals surface area contributed by atoms with Crippen molar-refractivity contribution in [3.8, 4) is 17.2 Å². The highest BCUT2D eigenvalue weighted by Crippen LogP contribution is 2.24. The van der Waals surface area contributed by atoms with Crippen molar-refractivity contribution >= 4 is 22.8 Å². The van der Waals surface area contributed by atoms with Crippen LogP contribution in [-0.2, 0) is 0 Å². The van der Waals surface area contributed by atoms with Crippen LogP contribution in [0.15, 0.2) is 71.3 Å². The number of fused-ring (bicyclic) bond motifs is 1. The molecule has 0 saturated heterocycles. The number of ether oxygens (including phenoxy) is 1. The lowest BCUT2D eigenvalue weighted by molar-refractivity contribution is 0.102. The molecule has 2 aromatic heterocycles. The molecule has 6 nitrogen and oxygen atoms in total. The Morgan fingerprint density at radius 2 is 1.89 bits per heavy atom. The summed E-state index contributed by atoms with van der Waals surface area (Å²) in [5, 5.41) is 2.89. The van der Waals surface area contributed by atoms with E-state index < -0.39 is 0 Å². The predicted octanol–water partition coefficient (Wildman–Crippen LogP) is 4.93. The summed E-state index contributed by atoms with van der Waals surface area (Å²) < 4.78 is 11.4. The first kappa shape index (κ1) is 17.7. The highest BCUT2D eigenvalue weighted by molar-refractivity contribution is 6.04. The summed E-state index contributed by atoms with van der Waals surface area (Å²) >= 11 is 0. The summed E-state index contributed by atoms with van der Waals surface area (Å²) in [6.07, 6.45) is 1.72. The van der Waals surface area contributed by atoms with Crippen molar-refractivity contribution in [1.29, 1.82) is 0 Å². The lowest BCUT2D eigenvalue weighted by Gasteiger charge is -2.11. The van der Waals surface area contributed by atoms with E-state index in [0.29, 0.717) is 34.1 Å². The number of oxazole rings is 1. The van der Waals surface area contributed by atoms with Gasteiger partial charge in [-0.1, -0.05) is 6.07 Å². The van der Waals surface area contributed by atoms with Gasteiger partial charge in [0.1, 0.15) is 5.75 Å². The first-order valence-corrected chi connectivity index (χ1v) is 8.98. The molecule has 0 radical (unpaired) electrons. The zero-order valence-corrected chi connectivity index (χ0v) is 15.5. The van der Waals surface area contributed by atoms with Crippen LogP contribution in [0.1, 0.15) is 24.2 Å². The van der Waals surface area contributed by atoms with Crippen molar-refractivity contribution in [2.24, 2.45) is 0 Å². The largest absolute Gasteiger partial charge is 0.491 e. The fourth-order valence-corrected chi connectivity index (χ4v) is 2.77. The van der Waals surface area contributed by atoms with Crippen molar-refractivity contribution in [2.75, 3.05) is 5.32 Å². The molecule has 0 spiro atoms. The number of nitrogens with zero attached hydrogens (tertiary/aromatic N) is 2. The van der Waals surface area contributed by atoms with E-state index in [-0.39, 0.29) is 12.0 Å². The van der Waals surface area contributed by atoms with Gasteiger partial charge in [-0.15, -0.1) is 0 Å². The monoisotopic (exact) mass is 373 g/mol. The van der Waals surface area contributed by atoms with Gasteiger partial charge in [0.15, 0.2) is 11.2 Å². The third-order valence-electron chi connectivity index (χ3n) is 4.02. The number of pyridine rings is 1. The van der Waals surface area contributed by atoms with Crippen molar-refractivity contribution in [1.82, 2.24) is 9.97 Å². The van der Waals surface area contributed by atoms with Crippen LogP contribution in [0.2, 0.25) is 0 Å². The molecule has 4 rings (SSSR count). The summed E-state index contributed by atoms with van der Waals surface area (Å²) in [5.74, 6) is 0.959. The van der Waals surface area contributed by atoms with E-state index >= 15 is 0 Å². The fourth-order valence-electron chi connectivity index (χ4n) is 2.77. The van der Waals surface area contributed by atoms with Crippen molar-refractivity contribution in [2.45, 2.75) is 20.0 Å². The average molecular weight is 373 g/mol. The Morgan fingerprint density at radius 1 is 1.07 bits per heavy atom. The number of benzene rings is 2. The highest BCUT2D eigenvalue weighted by atomic mass is 16.5. The second-order valence-electron chi connectivity index (χ2n) is 6.57. The normalized spacial score (nSPS) is 11.0. The Labute approximate surface area is 162 Å². The van der Waals surface area contributed by atoms with E-state index in [2.05, 4.69) is 15.3 Å². The SMILES string of the molecule is CC(C)Oc1cccc(C(=O)Nc2ccc(-c3nc4ncccc4o3)cc2)c1. The standard InChI is InChI=1S/C22H19N3O3/c1-14(2)27-18-6-3-5-16(13-18)21(26)24-17-10-8-15(9-11-17)22-25-20-19(28-22)7-4-12-23-20/h3-14H,1-2H3,(H,24,26). The van der Waals surface area contributed by atoms with Crippen LogP contribution < -0.4 is 10.1 Å². The van der Waals surface area contributed by atoms with Crippen LogP contribution in [0, 0.1) is 0 Å². The summed E-state index contributed by atoms with van der Waals surface area (Å²) in [4.78, 5) is 21.1. The van der Waals surface area contributed by atoms with Gasteiger partial charge in [-0.05, 0) is 68.4 Å². The maximum Gasteiger partial charge on any atom is 0.255 e. The molecule has 1 N–H and O–H groups in total. The molecule has 0 fully saturated rings. The quantitative estimate of drug-likeness (QED) is 0.537. The van der Waals surface area contributed by atoms with Crippen LogP contribution >= 0.6 is 0 Å². The zero-order chi connectivity index (χ0) is 19.5. The number of hydrogen-bond donors (Lipinski definition) is 1. The second kappa shape index (κ2) is 7.52. The third kappa shape index (κ3) is 3.86. The molecule has 0 unspecified atom stereocenters. The molecular formula is C22H19N3O3. The third-order valence-corrected chi connectivity index (χ3v) is 4.02. The molecule has 4 aromatic rings.